The van der Waals surface area contributed by atoms with Crippen molar-refractivity contribution in [1.82, 2.24) is 0 Å². The molecule has 0 heterocycles. The van der Waals surface area contributed by atoms with E-state index in [1.807, 2.05) is 18.2 Å². The molecule has 2 aromatic carbocycles. The van der Waals surface area contributed by atoms with Crippen LogP contribution in [0.3, 0.4) is 0 Å². The Morgan fingerprint density at radius 3 is 2.21 bits per heavy atom. The maximum absolute atomic E-state index is 12.0. The van der Waals surface area contributed by atoms with Crippen LogP contribution in [0.1, 0.15) is 10.4 Å². The van der Waals surface area contributed by atoms with Crippen LogP contribution in [-0.2, 0) is 0 Å². The number of hydrogen-bond acceptors (Lipinski definition) is 2. The molecule has 2 aromatic rings. The van der Waals surface area contributed by atoms with Crippen molar-refractivity contribution in [3.05, 3.63) is 58.1 Å². The number of rotatable bonds is 3. The number of hydrogen-bond donors (Lipinski definition) is 1. The van der Waals surface area contributed by atoms with Gasteiger partial charge in [-0.05, 0) is 24.3 Å². The Morgan fingerprint density at radius 1 is 1.11 bits per heavy atom. The average molecular weight is 296 g/mol. The van der Waals surface area contributed by atoms with Crippen LogP contribution in [0.15, 0.2) is 42.5 Å². The number of benzene rings is 2. The topological polar surface area (TPSA) is 38.3 Å². The maximum Gasteiger partial charge on any atom is 0.255 e. The minimum Gasteiger partial charge on any atom is -0.494 e. The van der Waals surface area contributed by atoms with Gasteiger partial charge in [0.05, 0.1) is 17.2 Å². The van der Waals surface area contributed by atoms with Crippen molar-refractivity contribution in [2.75, 3.05) is 12.4 Å². The van der Waals surface area contributed by atoms with Gasteiger partial charge in [-0.3, -0.25) is 4.79 Å². The monoisotopic (exact) mass is 295 g/mol. The number of halogens is 2. The largest absolute Gasteiger partial charge is 0.494 e. The summed E-state index contributed by atoms with van der Waals surface area (Å²) in [5.41, 5.74) is 1.08. The summed E-state index contributed by atoms with van der Waals surface area (Å²) in [5.74, 6) is 0.0808. The van der Waals surface area contributed by atoms with E-state index in [1.165, 1.54) is 19.2 Å². The Hall–Kier alpha value is -1.71. The Morgan fingerprint density at radius 2 is 1.68 bits per heavy atom. The average Bonchev–Trinajstić information content (AvgIpc) is 2.39. The van der Waals surface area contributed by atoms with E-state index in [9.17, 15) is 4.79 Å². The Bertz CT molecular complexity index is 577. The minimum atomic E-state index is -0.280. The van der Waals surface area contributed by atoms with Gasteiger partial charge < -0.3 is 10.1 Å². The van der Waals surface area contributed by atoms with Crippen LogP contribution in [0.25, 0.3) is 0 Å². The molecule has 1 N–H and O–H groups in total. The molecule has 5 heteroatoms. The molecule has 3 nitrogen and oxygen atoms in total. The van der Waals surface area contributed by atoms with E-state index in [2.05, 4.69) is 5.32 Å². The highest BCUT2D eigenvalue weighted by molar-refractivity contribution is 6.37. The number of para-hydroxylation sites is 1. The molecule has 19 heavy (non-hydrogen) atoms. The fraction of sp³-hybridized carbons (Fsp3) is 0.0714. The van der Waals surface area contributed by atoms with E-state index in [4.69, 9.17) is 27.9 Å². The summed E-state index contributed by atoms with van der Waals surface area (Å²) >= 11 is 12.0. The summed E-state index contributed by atoms with van der Waals surface area (Å²) in [6, 6.07) is 12.2. The van der Waals surface area contributed by atoms with Gasteiger partial charge in [-0.15, -0.1) is 0 Å². The van der Waals surface area contributed by atoms with Crippen molar-refractivity contribution >= 4 is 34.8 Å². The summed E-state index contributed by atoms with van der Waals surface area (Å²) in [7, 11) is 1.47. The quantitative estimate of drug-likeness (QED) is 0.919. The molecule has 0 radical (unpaired) electrons. The third-order valence-corrected chi connectivity index (χ3v) is 3.06. The highest BCUT2D eigenvalue weighted by atomic mass is 35.5. The Kier molecular flexibility index (Phi) is 4.30. The van der Waals surface area contributed by atoms with Crippen LogP contribution in [0, 0.1) is 0 Å². The van der Waals surface area contributed by atoms with Gasteiger partial charge in [-0.1, -0.05) is 41.4 Å². The number of methoxy groups -OCH3 is 1. The predicted molar refractivity (Wildman–Crippen MR) is 77.4 cm³/mol. The first-order valence-electron chi connectivity index (χ1n) is 5.51. The van der Waals surface area contributed by atoms with E-state index < -0.39 is 0 Å². The van der Waals surface area contributed by atoms with Crippen molar-refractivity contribution in [3.63, 3.8) is 0 Å². The van der Waals surface area contributed by atoms with Gasteiger partial charge in [0.1, 0.15) is 0 Å². The molecule has 2 rings (SSSR count). The first-order chi connectivity index (χ1) is 9.11. The molecular formula is C14H11Cl2NO2. The third kappa shape index (κ3) is 3.19. The Balaban J connectivity index is 2.25. The highest BCUT2D eigenvalue weighted by Crippen LogP contribution is 2.33. The second-order valence-corrected chi connectivity index (χ2v) is 4.61. The number of anilines is 1. The zero-order chi connectivity index (χ0) is 13.8. The zero-order valence-corrected chi connectivity index (χ0v) is 11.6. The standard InChI is InChI=1S/C14H11Cl2NO2/c1-19-13-11(15)7-9(8-12(13)16)14(18)17-10-5-3-2-4-6-10/h2-8H,1H3,(H,17,18). The van der Waals surface area contributed by atoms with Gasteiger partial charge in [0.25, 0.3) is 5.91 Å². The SMILES string of the molecule is COc1c(Cl)cc(C(=O)Nc2ccccc2)cc1Cl. The zero-order valence-electron chi connectivity index (χ0n) is 10.1. The summed E-state index contributed by atoms with van der Waals surface area (Å²) in [5, 5.41) is 3.35. The van der Waals surface area contributed by atoms with Gasteiger partial charge in [-0.2, -0.15) is 0 Å². The number of carbonyl (C=O) groups is 1. The lowest BCUT2D eigenvalue weighted by Crippen LogP contribution is -2.11. The summed E-state index contributed by atoms with van der Waals surface area (Å²) in [6.07, 6.45) is 0. The minimum absolute atomic E-state index is 0.280. The van der Waals surface area contributed by atoms with Gasteiger partial charge in [0, 0.05) is 11.3 Å². The number of ether oxygens (including phenoxy) is 1. The molecule has 0 fully saturated rings. The molecule has 0 aliphatic heterocycles. The summed E-state index contributed by atoms with van der Waals surface area (Å²) < 4.78 is 5.03. The molecule has 0 aromatic heterocycles. The molecule has 0 aliphatic rings. The molecule has 0 unspecified atom stereocenters. The molecule has 0 aliphatic carbocycles. The van der Waals surface area contributed by atoms with Crippen LogP contribution >= 0.6 is 23.2 Å². The molecule has 0 saturated heterocycles. The first kappa shape index (κ1) is 13.7. The second-order valence-electron chi connectivity index (χ2n) is 3.79. The summed E-state index contributed by atoms with van der Waals surface area (Å²) in [6.45, 7) is 0. The lowest BCUT2D eigenvalue weighted by molar-refractivity contribution is 0.102. The molecule has 1 amide bonds. The van der Waals surface area contributed by atoms with Crippen molar-refractivity contribution < 1.29 is 9.53 Å². The van der Waals surface area contributed by atoms with Gasteiger partial charge in [0.15, 0.2) is 5.75 Å². The van der Waals surface area contributed by atoms with Crippen LogP contribution in [0.5, 0.6) is 5.75 Å². The molecular weight excluding hydrogens is 285 g/mol. The van der Waals surface area contributed by atoms with Gasteiger partial charge in [0.2, 0.25) is 0 Å². The van der Waals surface area contributed by atoms with Crippen molar-refractivity contribution in [1.29, 1.82) is 0 Å². The smallest absolute Gasteiger partial charge is 0.255 e. The lowest BCUT2D eigenvalue weighted by Gasteiger charge is -2.09. The molecule has 0 spiro atoms. The van der Waals surface area contributed by atoms with E-state index in [-0.39, 0.29) is 5.91 Å². The van der Waals surface area contributed by atoms with Crippen LogP contribution in [-0.4, -0.2) is 13.0 Å². The van der Waals surface area contributed by atoms with Crippen molar-refractivity contribution in [3.8, 4) is 5.75 Å². The van der Waals surface area contributed by atoms with E-state index in [1.54, 1.807) is 12.1 Å². The second kappa shape index (κ2) is 5.95. The van der Waals surface area contributed by atoms with Crippen molar-refractivity contribution in [2.45, 2.75) is 0 Å². The summed E-state index contributed by atoms with van der Waals surface area (Å²) in [4.78, 5) is 12.0. The molecule has 0 bridgehead atoms. The number of carbonyl (C=O) groups excluding carboxylic acids is 1. The van der Waals surface area contributed by atoms with Crippen LogP contribution in [0.4, 0.5) is 5.69 Å². The fourth-order valence-electron chi connectivity index (χ4n) is 1.61. The molecule has 0 saturated carbocycles. The van der Waals surface area contributed by atoms with Gasteiger partial charge >= 0.3 is 0 Å². The molecule has 98 valence electrons. The molecule has 0 atom stereocenters. The number of amides is 1. The van der Waals surface area contributed by atoms with E-state index >= 15 is 0 Å². The first-order valence-corrected chi connectivity index (χ1v) is 6.27. The predicted octanol–water partition coefficient (Wildman–Crippen LogP) is 4.25. The highest BCUT2D eigenvalue weighted by Gasteiger charge is 2.13. The van der Waals surface area contributed by atoms with Crippen molar-refractivity contribution in [2.24, 2.45) is 0 Å². The van der Waals surface area contributed by atoms with Gasteiger partial charge in [-0.25, -0.2) is 0 Å². The maximum atomic E-state index is 12.0. The third-order valence-electron chi connectivity index (χ3n) is 2.50. The van der Waals surface area contributed by atoms with Crippen LogP contribution < -0.4 is 10.1 Å². The Labute approximate surface area is 121 Å². The van der Waals surface area contributed by atoms with Crippen LogP contribution in [0.2, 0.25) is 10.0 Å². The normalized spacial score (nSPS) is 10.1. The number of nitrogens with one attached hydrogen (secondary N) is 1. The van der Waals surface area contributed by atoms with E-state index in [0.717, 1.165) is 0 Å². The lowest BCUT2D eigenvalue weighted by atomic mass is 10.2. The fourth-order valence-corrected chi connectivity index (χ4v) is 2.25. The van der Waals surface area contributed by atoms with E-state index in [0.29, 0.717) is 27.0 Å².